The Morgan fingerprint density at radius 2 is 1.23 bits per heavy atom. The topological polar surface area (TPSA) is 3.24 Å². The zero-order chi connectivity index (χ0) is 15.1. The van der Waals surface area contributed by atoms with E-state index in [4.69, 9.17) is 0 Å². The molecule has 0 aliphatic carbocycles. The van der Waals surface area contributed by atoms with Crippen LogP contribution in [0, 0.1) is 0 Å². The molecule has 1 nitrogen and oxygen atoms in total. The largest absolute Gasteiger partial charge is 0.308 e. The van der Waals surface area contributed by atoms with Gasteiger partial charge in [-0.05, 0) is 48.5 Å². The molecule has 0 fully saturated rings. The number of para-hydroxylation sites is 1. The van der Waals surface area contributed by atoms with Crippen molar-refractivity contribution in [2.75, 3.05) is 4.90 Å². The molecule has 0 amide bonds. The van der Waals surface area contributed by atoms with E-state index in [0.29, 0.717) is 0 Å². The van der Waals surface area contributed by atoms with Gasteiger partial charge in [0.05, 0.1) is 11.4 Å². The van der Waals surface area contributed by atoms with Gasteiger partial charge < -0.3 is 4.90 Å². The lowest BCUT2D eigenvalue weighted by atomic mass is 10.2. The molecule has 0 saturated carbocycles. The van der Waals surface area contributed by atoms with Crippen LogP contribution >= 0.6 is 43.6 Å². The Balaban J connectivity index is 1.97. The highest BCUT2D eigenvalue weighted by atomic mass is 79.9. The zero-order valence-corrected chi connectivity index (χ0v) is 15.5. The molecule has 0 bridgehead atoms. The van der Waals surface area contributed by atoms with Gasteiger partial charge in [-0.25, -0.2) is 0 Å². The second-order valence-electron chi connectivity index (χ2n) is 5.00. The molecule has 3 aromatic rings. The SMILES string of the molecule is Brc1ccc2c(c1)Sc1cc(Br)ccc1N2c1ccccc1. The van der Waals surface area contributed by atoms with Crippen molar-refractivity contribution in [2.24, 2.45) is 0 Å². The molecule has 0 saturated heterocycles. The minimum Gasteiger partial charge on any atom is -0.308 e. The number of rotatable bonds is 1. The van der Waals surface area contributed by atoms with Gasteiger partial charge in [0.1, 0.15) is 0 Å². The Hall–Kier alpha value is -1.23. The molecule has 0 N–H and O–H groups in total. The molecule has 4 rings (SSSR count). The molecule has 1 aliphatic heterocycles. The van der Waals surface area contributed by atoms with Crippen LogP contribution in [0.3, 0.4) is 0 Å². The van der Waals surface area contributed by atoms with Crippen molar-refractivity contribution in [3.05, 3.63) is 75.7 Å². The van der Waals surface area contributed by atoms with Crippen LogP contribution in [0.15, 0.2) is 85.5 Å². The molecule has 0 atom stereocenters. The summed E-state index contributed by atoms with van der Waals surface area (Å²) in [6, 6.07) is 23.4. The van der Waals surface area contributed by atoms with Crippen LogP contribution in [-0.4, -0.2) is 0 Å². The molecule has 0 aromatic heterocycles. The van der Waals surface area contributed by atoms with E-state index in [9.17, 15) is 0 Å². The first kappa shape index (κ1) is 14.4. The van der Waals surface area contributed by atoms with E-state index in [1.54, 1.807) is 0 Å². The van der Waals surface area contributed by atoms with Crippen molar-refractivity contribution in [1.82, 2.24) is 0 Å². The molecule has 0 radical (unpaired) electrons. The Kier molecular flexibility index (Phi) is 3.76. The van der Waals surface area contributed by atoms with Gasteiger partial charge in [0.15, 0.2) is 0 Å². The fourth-order valence-corrected chi connectivity index (χ4v) is 4.77. The highest BCUT2D eigenvalue weighted by molar-refractivity contribution is 9.10. The molecule has 108 valence electrons. The first-order valence-electron chi connectivity index (χ1n) is 6.84. The number of fused-ring (bicyclic) bond motifs is 2. The molecular weight excluding hydrogens is 422 g/mol. The number of benzene rings is 3. The third kappa shape index (κ3) is 2.49. The fourth-order valence-electron chi connectivity index (χ4n) is 2.61. The van der Waals surface area contributed by atoms with Crippen LogP contribution < -0.4 is 4.90 Å². The van der Waals surface area contributed by atoms with Crippen LogP contribution in [0.1, 0.15) is 0 Å². The normalized spacial score (nSPS) is 12.7. The van der Waals surface area contributed by atoms with Crippen LogP contribution in [0.4, 0.5) is 17.1 Å². The number of halogens is 2. The minimum atomic E-state index is 1.10. The first-order valence-corrected chi connectivity index (χ1v) is 9.25. The number of nitrogens with zero attached hydrogens (tertiary/aromatic N) is 1. The lowest BCUT2D eigenvalue weighted by molar-refractivity contribution is 1.16. The van der Waals surface area contributed by atoms with Crippen LogP contribution in [0.2, 0.25) is 0 Å². The number of anilines is 3. The van der Waals surface area contributed by atoms with Crippen molar-refractivity contribution in [3.8, 4) is 0 Å². The summed E-state index contributed by atoms with van der Waals surface area (Å²) in [5.41, 5.74) is 3.61. The van der Waals surface area contributed by atoms with Crippen molar-refractivity contribution in [1.29, 1.82) is 0 Å². The van der Waals surface area contributed by atoms with E-state index in [2.05, 4.69) is 97.4 Å². The summed E-state index contributed by atoms with van der Waals surface area (Å²) in [5.74, 6) is 0. The van der Waals surface area contributed by atoms with Crippen molar-refractivity contribution in [3.63, 3.8) is 0 Å². The van der Waals surface area contributed by atoms with Gasteiger partial charge in [-0.3, -0.25) is 0 Å². The Bertz CT molecular complexity index is 797. The quantitative estimate of drug-likeness (QED) is 0.314. The molecule has 1 heterocycles. The van der Waals surface area contributed by atoms with Gasteiger partial charge in [0, 0.05) is 24.4 Å². The maximum Gasteiger partial charge on any atom is 0.0602 e. The minimum absolute atomic E-state index is 1.10. The maximum absolute atomic E-state index is 3.58. The predicted octanol–water partition coefficient (Wildman–Crippen LogP) is 7.15. The van der Waals surface area contributed by atoms with Crippen molar-refractivity contribution in [2.45, 2.75) is 9.79 Å². The smallest absolute Gasteiger partial charge is 0.0602 e. The summed E-state index contributed by atoms with van der Waals surface area (Å²) in [6.45, 7) is 0. The standard InChI is InChI=1S/C18H11Br2NS/c19-12-6-8-15-17(10-12)22-18-11-13(20)7-9-16(18)21(15)14-4-2-1-3-5-14/h1-11H. The summed E-state index contributed by atoms with van der Waals surface area (Å²) in [4.78, 5) is 4.83. The van der Waals surface area contributed by atoms with E-state index < -0.39 is 0 Å². The average Bonchev–Trinajstić information content (AvgIpc) is 2.53. The molecule has 0 unspecified atom stereocenters. The number of hydrogen-bond donors (Lipinski definition) is 0. The van der Waals surface area contributed by atoms with Gasteiger partial charge in [-0.1, -0.05) is 61.8 Å². The summed E-state index contributed by atoms with van der Waals surface area (Å²) in [6.07, 6.45) is 0. The zero-order valence-electron chi connectivity index (χ0n) is 11.5. The van der Waals surface area contributed by atoms with Crippen LogP contribution in [-0.2, 0) is 0 Å². The Morgan fingerprint density at radius 3 is 1.77 bits per heavy atom. The Labute approximate surface area is 150 Å². The Morgan fingerprint density at radius 1 is 0.682 bits per heavy atom. The van der Waals surface area contributed by atoms with Crippen molar-refractivity contribution < 1.29 is 0 Å². The fraction of sp³-hybridized carbons (Fsp3) is 0. The molecular formula is C18H11Br2NS. The summed E-state index contributed by atoms with van der Waals surface area (Å²) < 4.78 is 2.20. The predicted molar refractivity (Wildman–Crippen MR) is 101 cm³/mol. The lowest BCUT2D eigenvalue weighted by Gasteiger charge is -2.33. The lowest BCUT2D eigenvalue weighted by Crippen LogP contribution is -2.14. The van der Waals surface area contributed by atoms with E-state index >= 15 is 0 Å². The third-order valence-electron chi connectivity index (χ3n) is 3.56. The first-order chi connectivity index (χ1) is 10.7. The van der Waals surface area contributed by atoms with Gasteiger partial charge in [-0.2, -0.15) is 0 Å². The van der Waals surface area contributed by atoms with E-state index in [-0.39, 0.29) is 0 Å². The van der Waals surface area contributed by atoms with Crippen LogP contribution in [0.25, 0.3) is 0 Å². The number of hydrogen-bond acceptors (Lipinski definition) is 2. The molecule has 1 aliphatic rings. The van der Waals surface area contributed by atoms with E-state index in [0.717, 1.165) is 8.95 Å². The summed E-state index contributed by atoms with van der Waals surface area (Å²) in [7, 11) is 0. The van der Waals surface area contributed by atoms with Gasteiger partial charge in [0.25, 0.3) is 0 Å². The highest BCUT2D eigenvalue weighted by Crippen LogP contribution is 2.52. The molecule has 0 spiro atoms. The molecule has 3 aromatic carbocycles. The highest BCUT2D eigenvalue weighted by Gasteiger charge is 2.24. The van der Waals surface area contributed by atoms with Gasteiger partial charge in [0.2, 0.25) is 0 Å². The van der Waals surface area contributed by atoms with E-state index in [1.807, 2.05) is 17.8 Å². The second kappa shape index (κ2) is 5.76. The maximum atomic E-state index is 3.58. The summed E-state index contributed by atoms with van der Waals surface area (Å²) in [5, 5.41) is 0. The molecule has 4 heteroatoms. The molecule has 22 heavy (non-hydrogen) atoms. The third-order valence-corrected chi connectivity index (χ3v) is 5.64. The van der Waals surface area contributed by atoms with Crippen LogP contribution in [0.5, 0.6) is 0 Å². The van der Waals surface area contributed by atoms with Crippen molar-refractivity contribution >= 4 is 60.7 Å². The average molecular weight is 433 g/mol. The summed E-state index contributed by atoms with van der Waals surface area (Å²) >= 11 is 8.97. The van der Waals surface area contributed by atoms with Gasteiger partial charge >= 0.3 is 0 Å². The van der Waals surface area contributed by atoms with E-state index in [1.165, 1.54) is 26.9 Å². The van der Waals surface area contributed by atoms with Gasteiger partial charge in [-0.15, -0.1) is 0 Å². The second-order valence-corrected chi connectivity index (χ2v) is 7.91. The monoisotopic (exact) mass is 431 g/mol.